The van der Waals surface area contributed by atoms with Gasteiger partial charge in [-0.15, -0.1) is 5.10 Å². The molecule has 8 nitrogen and oxygen atoms in total. The van der Waals surface area contributed by atoms with Crippen LogP contribution >= 0.6 is 0 Å². The van der Waals surface area contributed by atoms with Gasteiger partial charge in [-0.05, 0) is 22.9 Å². The molecular formula is C19H16FN5O3. The zero-order valence-corrected chi connectivity index (χ0v) is 14.9. The Morgan fingerprint density at radius 2 is 1.89 bits per heavy atom. The van der Waals surface area contributed by atoms with Crippen molar-refractivity contribution >= 4 is 17.9 Å². The molecular weight excluding hydrogens is 365 g/mol. The molecule has 1 amide bonds. The molecule has 0 saturated carbocycles. The van der Waals surface area contributed by atoms with Gasteiger partial charge in [-0.25, -0.2) is 4.39 Å². The van der Waals surface area contributed by atoms with Crippen molar-refractivity contribution in [2.45, 2.75) is 0 Å². The molecule has 0 atom stereocenters. The Kier molecular flexibility index (Phi) is 5.85. The van der Waals surface area contributed by atoms with Crippen LogP contribution in [0.25, 0.3) is 0 Å². The number of benzene rings is 2. The summed E-state index contributed by atoms with van der Waals surface area (Å²) >= 11 is 0. The van der Waals surface area contributed by atoms with E-state index in [1.807, 2.05) is 0 Å². The van der Waals surface area contributed by atoms with Crippen molar-refractivity contribution < 1.29 is 18.7 Å². The fourth-order valence-electron chi connectivity index (χ4n) is 2.24. The maximum absolute atomic E-state index is 13.0. The molecule has 0 bridgehead atoms. The van der Waals surface area contributed by atoms with Crippen LogP contribution in [0.1, 0.15) is 26.4 Å². The highest BCUT2D eigenvalue weighted by atomic mass is 19.1. The first-order chi connectivity index (χ1) is 13.6. The van der Waals surface area contributed by atoms with Crippen LogP contribution in [0.4, 0.5) is 4.39 Å². The zero-order chi connectivity index (χ0) is 19.9. The summed E-state index contributed by atoms with van der Waals surface area (Å²) in [6.45, 7) is -0.326. The summed E-state index contributed by atoms with van der Waals surface area (Å²) in [6, 6.07) is 14.2. The number of rotatable bonds is 7. The molecule has 0 aliphatic heterocycles. The lowest BCUT2D eigenvalue weighted by Gasteiger charge is -2.06. The molecule has 0 unspecified atom stereocenters. The molecule has 0 radical (unpaired) electrons. The van der Waals surface area contributed by atoms with Crippen LogP contribution in [-0.4, -0.2) is 46.7 Å². The third kappa shape index (κ3) is 4.44. The first-order valence-electron chi connectivity index (χ1n) is 8.27. The number of ether oxygens (including phenoxy) is 1. The van der Waals surface area contributed by atoms with Crippen molar-refractivity contribution in [3.8, 4) is 5.88 Å². The molecule has 2 aromatic carbocycles. The summed E-state index contributed by atoms with van der Waals surface area (Å²) in [6.07, 6.45) is 1.40. The van der Waals surface area contributed by atoms with E-state index in [2.05, 4.69) is 20.7 Å². The molecule has 9 heteroatoms. The van der Waals surface area contributed by atoms with E-state index in [0.717, 1.165) is 4.79 Å². The molecule has 1 aromatic heterocycles. The van der Waals surface area contributed by atoms with E-state index < -0.39 is 5.91 Å². The quantitative estimate of drug-likeness (QED) is 0.498. The van der Waals surface area contributed by atoms with Crippen molar-refractivity contribution in [3.05, 3.63) is 77.2 Å². The molecule has 1 heterocycles. The minimum absolute atomic E-state index is 0.0815. The molecule has 3 rings (SSSR count). The monoisotopic (exact) mass is 381 g/mol. The van der Waals surface area contributed by atoms with Gasteiger partial charge in [-0.1, -0.05) is 47.3 Å². The van der Waals surface area contributed by atoms with Crippen molar-refractivity contribution in [3.63, 3.8) is 0 Å². The van der Waals surface area contributed by atoms with E-state index in [-0.39, 0.29) is 29.8 Å². The molecule has 28 heavy (non-hydrogen) atoms. The van der Waals surface area contributed by atoms with Crippen LogP contribution in [0.5, 0.6) is 5.88 Å². The number of hydrogen-bond donors (Lipinski definition) is 1. The number of amides is 1. The largest absolute Gasteiger partial charge is 0.466 e. The highest BCUT2D eigenvalue weighted by molar-refractivity contribution is 5.97. The van der Waals surface area contributed by atoms with Crippen molar-refractivity contribution in [2.24, 2.45) is 5.10 Å². The van der Waals surface area contributed by atoms with Gasteiger partial charge in [0, 0.05) is 12.6 Å². The summed E-state index contributed by atoms with van der Waals surface area (Å²) in [5.74, 6) is -1.27. The van der Waals surface area contributed by atoms with Gasteiger partial charge in [0.25, 0.3) is 11.8 Å². The van der Waals surface area contributed by atoms with E-state index >= 15 is 0 Å². The summed E-state index contributed by atoms with van der Waals surface area (Å²) in [5, 5.41) is 14.0. The topological polar surface area (TPSA) is 98.5 Å². The summed E-state index contributed by atoms with van der Waals surface area (Å²) in [5.41, 5.74) is 0.960. The number of carbonyl (C=O) groups excluding carboxylic acids is 2. The van der Waals surface area contributed by atoms with E-state index in [0.29, 0.717) is 11.1 Å². The van der Waals surface area contributed by atoms with Crippen LogP contribution in [0.3, 0.4) is 0 Å². The van der Waals surface area contributed by atoms with Crippen molar-refractivity contribution in [2.75, 3.05) is 13.7 Å². The smallest absolute Gasteiger partial charge is 0.277 e. The lowest BCUT2D eigenvalue weighted by molar-refractivity contribution is 0.0898. The van der Waals surface area contributed by atoms with Gasteiger partial charge in [0.15, 0.2) is 12.4 Å². The average Bonchev–Trinajstić information content (AvgIpc) is 3.14. The predicted octanol–water partition coefficient (Wildman–Crippen LogP) is 1.92. The Morgan fingerprint density at radius 1 is 1.18 bits per heavy atom. The van der Waals surface area contributed by atoms with E-state index in [1.165, 1.54) is 37.5 Å². The fourth-order valence-corrected chi connectivity index (χ4v) is 2.24. The van der Waals surface area contributed by atoms with Gasteiger partial charge in [0.05, 0.1) is 6.21 Å². The Labute approximate surface area is 159 Å². The number of carbonyl (C=O) groups is 2. The minimum Gasteiger partial charge on any atom is -0.466 e. The number of Topliss-reactive ketones (excluding diaryl/α,β-unsaturated/α-hetero) is 1. The van der Waals surface area contributed by atoms with Crippen LogP contribution in [0.15, 0.2) is 59.7 Å². The molecule has 3 aromatic rings. The summed E-state index contributed by atoms with van der Waals surface area (Å²) < 4.78 is 18.5. The Balaban J connectivity index is 1.82. The third-order valence-corrected chi connectivity index (χ3v) is 3.68. The van der Waals surface area contributed by atoms with Crippen LogP contribution in [0, 0.1) is 5.82 Å². The highest BCUT2D eigenvalue weighted by Gasteiger charge is 2.21. The Morgan fingerprint density at radius 3 is 2.57 bits per heavy atom. The van der Waals surface area contributed by atoms with Gasteiger partial charge < -0.3 is 10.1 Å². The average molecular weight is 381 g/mol. The second-order valence-corrected chi connectivity index (χ2v) is 5.59. The highest BCUT2D eigenvalue weighted by Crippen LogP contribution is 2.16. The second-order valence-electron chi connectivity index (χ2n) is 5.59. The maximum Gasteiger partial charge on any atom is 0.277 e. The van der Waals surface area contributed by atoms with Crippen molar-refractivity contribution in [1.29, 1.82) is 0 Å². The number of ketones is 1. The molecule has 0 aliphatic carbocycles. The lowest BCUT2D eigenvalue weighted by Crippen LogP contribution is -2.21. The van der Waals surface area contributed by atoms with Crippen LogP contribution < -0.4 is 10.1 Å². The van der Waals surface area contributed by atoms with Crippen molar-refractivity contribution in [1.82, 2.24) is 20.4 Å². The Hall–Kier alpha value is -3.88. The molecule has 0 spiro atoms. The molecule has 142 valence electrons. The number of nitrogens with one attached hydrogen (secondary N) is 1. The van der Waals surface area contributed by atoms with Gasteiger partial charge in [0.2, 0.25) is 5.69 Å². The SMILES string of the molecule is CNC(=O)c1nnn(/N=C/c2ccc(F)cc2)c1OCC(=O)c1ccccc1. The standard InChI is InChI=1S/C19H16FN5O3/c1-21-18(27)17-19(28-12-16(26)14-5-3-2-4-6-14)25(24-23-17)22-11-13-7-9-15(20)10-8-13/h2-11H,12H2,1H3,(H,21,27)/b22-11+. The van der Waals surface area contributed by atoms with Gasteiger partial charge >= 0.3 is 0 Å². The molecule has 1 N–H and O–H groups in total. The van der Waals surface area contributed by atoms with Gasteiger partial charge in [-0.3, -0.25) is 9.59 Å². The number of nitrogens with zero attached hydrogens (tertiary/aromatic N) is 4. The lowest BCUT2D eigenvalue weighted by atomic mass is 10.1. The van der Waals surface area contributed by atoms with Crippen LogP contribution in [-0.2, 0) is 0 Å². The number of hydrogen-bond acceptors (Lipinski definition) is 6. The minimum atomic E-state index is -0.537. The first kappa shape index (κ1) is 18.9. The van der Waals surface area contributed by atoms with E-state index in [9.17, 15) is 14.0 Å². The summed E-state index contributed by atoms with van der Waals surface area (Å²) in [4.78, 5) is 25.2. The Bertz CT molecular complexity index is 1000. The van der Waals surface area contributed by atoms with E-state index in [1.54, 1.807) is 30.3 Å². The molecule has 0 fully saturated rings. The first-order valence-corrected chi connectivity index (χ1v) is 8.27. The molecule has 0 aliphatic rings. The van der Waals surface area contributed by atoms with Gasteiger partial charge in [-0.2, -0.15) is 5.10 Å². The third-order valence-electron chi connectivity index (χ3n) is 3.68. The fraction of sp³-hybridized carbons (Fsp3) is 0.105. The van der Waals surface area contributed by atoms with Crippen LogP contribution in [0.2, 0.25) is 0 Å². The summed E-state index contributed by atoms with van der Waals surface area (Å²) in [7, 11) is 1.43. The second kappa shape index (κ2) is 8.67. The van der Waals surface area contributed by atoms with Gasteiger partial charge in [0.1, 0.15) is 5.82 Å². The molecule has 0 saturated heterocycles. The normalized spacial score (nSPS) is 10.8. The number of aromatic nitrogens is 3. The predicted molar refractivity (Wildman–Crippen MR) is 99.1 cm³/mol. The maximum atomic E-state index is 13.0. The number of halogens is 1. The van der Waals surface area contributed by atoms with E-state index in [4.69, 9.17) is 4.74 Å². The zero-order valence-electron chi connectivity index (χ0n) is 14.9.